The molecule has 0 aromatic heterocycles. The van der Waals surface area contributed by atoms with Crippen LogP contribution in [0.15, 0.2) is 18.2 Å². The van der Waals surface area contributed by atoms with Crippen LogP contribution in [0.5, 0.6) is 0 Å². The molecular formula is C11H15N3. The number of hydrogen-bond donors (Lipinski definition) is 2. The summed E-state index contributed by atoms with van der Waals surface area (Å²) >= 11 is 0. The first-order valence-electron chi connectivity index (χ1n) is 4.67. The fraction of sp³-hybridized carbons (Fsp3) is 0.364. The highest BCUT2D eigenvalue weighted by atomic mass is 14.9. The third-order valence-electron chi connectivity index (χ3n) is 1.88. The molecule has 0 spiro atoms. The summed E-state index contributed by atoms with van der Waals surface area (Å²) in [7, 11) is 0. The summed E-state index contributed by atoms with van der Waals surface area (Å²) in [4.78, 5) is 0. The maximum Gasteiger partial charge on any atom is 0.0992 e. The zero-order valence-corrected chi connectivity index (χ0v) is 8.54. The molecule has 0 aliphatic carbocycles. The lowest BCUT2D eigenvalue weighted by Gasteiger charge is -2.11. The number of nitriles is 1. The van der Waals surface area contributed by atoms with Gasteiger partial charge in [0.05, 0.1) is 23.0 Å². The Morgan fingerprint density at radius 3 is 2.79 bits per heavy atom. The van der Waals surface area contributed by atoms with Gasteiger partial charge in [-0.1, -0.05) is 13.8 Å². The number of hydrogen-bond acceptors (Lipinski definition) is 3. The predicted molar refractivity (Wildman–Crippen MR) is 58.9 cm³/mol. The van der Waals surface area contributed by atoms with E-state index in [-0.39, 0.29) is 0 Å². The third kappa shape index (κ3) is 2.67. The van der Waals surface area contributed by atoms with E-state index in [1.54, 1.807) is 18.2 Å². The minimum absolute atomic E-state index is 0.556. The third-order valence-corrected chi connectivity index (χ3v) is 1.88. The normalized spacial score (nSPS) is 9.86. The van der Waals surface area contributed by atoms with Gasteiger partial charge in [-0.2, -0.15) is 5.26 Å². The molecule has 0 aliphatic heterocycles. The smallest absolute Gasteiger partial charge is 0.0992 e. The van der Waals surface area contributed by atoms with Crippen LogP contribution < -0.4 is 11.1 Å². The van der Waals surface area contributed by atoms with Gasteiger partial charge in [0.25, 0.3) is 0 Å². The Kier molecular flexibility index (Phi) is 3.35. The Hall–Kier alpha value is -1.69. The van der Waals surface area contributed by atoms with Crippen LogP contribution in [0.2, 0.25) is 0 Å². The quantitative estimate of drug-likeness (QED) is 0.716. The minimum Gasteiger partial charge on any atom is -0.397 e. The first-order valence-corrected chi connectivity index (χ1v) is 4.67. The molecule has 0 saturated carbocycles. The summed E-state index contributed by atoms with van der Waals surface area (Å²) in [6.45, 7) is 5.10. The highest BCUT2D eigenvalue weighted by Gasteiger charge is 2.01. The van der Waals surface area contributed by atoms with Crippen molar-refractivity contribution in [3.05, 3.63) is 23.8 Å². The van der Waals surface area contributed by atoms with E-state index in [0.717, 1.165) is 12.2 Å². The van der Waals surface area contributed by atoms with E-state index in [1.807, 2.05) is 0 Å². The number of nitrogens with zero attached hydrogens (tertiary/aromatic N) is 1. The molecule has 0 radical (unpaired) electrons. The van der Waals surface area contributed by atoms with Gasteiger partial charge in [-0.3, -0.25) is 0 Å². The topological polar surface area (TPSA) is 61.8 Å². The monoisotopic (exact) mass is 189 g/mol. The highest BCUT2D eigenvalue weighted by Crippen LogP contribution is 2.19. The molecule has 0 bridgehead atoms. The number of rotatable bonds is 3. The van der Waals surface area contributed by atoms with E-state index in [1.165, 1.54) is 0 Å². The van der Waals surface area contributed by atoms with E-state index in [4.69, 9.17) is 11.0 Å². The molecule has 14 heavy (non-hydrogen) atoms. The zero-order valence-electron chi connectivity index (χ0n) is 8.54. The van der Waals surface area contributed by atoms with Crippen LogP contribution in [0.25, 0.3) is 0 Å². The maximum atomic E-state index is 8.71. The van der Waals surface area contributed by atoms with Crippen LogP contribution in [-0.2, 0) is 0 Å². The molecule has 0 heterocycles. The molecule has 1 aromatic carbocycles. The fourth-order valence-electron chi connectivity index (χ4n) is 1.09. The van der Waals surface area contributed by atoms with Gasteiger partial charge in [0.2, 0.25) is 0 Å². The molecule has 0 saturated heterocycles. The van der Waals surface area contributed by atoms with Crippen molar-refractivity contribution >= 4 is 11.4 Å². The van der Waals surface area contributed by atoms with Gasteiger partial charge in [0.15, 0.2) is 0 Å². The first-order chi connectivity index (χ1) is 6.63. The van der Waals surface area contributed by atoms with Gasteiger partial charge in [-0.15, -0.1) is 0 Å². The average Bonchev–Trinajstić information content (AvgIpc) is 2.16. The van der Waals surface area contributed by atoms with E-state index in [2.05, 4.69) is 25.2 Å². The molecule has 0 unspecified atom stereocenters. The van der Waals surface area contributed by atoms with Gasteiger partial charge in [-0.25, -0.2) is 0 Å². The number of nitrogens with one attached hydrogen (secondary N) is 1. The highest BCUT2D eigenvalue weighted by molar-refractivity contribution is 5.68. The molecule has 0 fully saturated rings. The Morgan fingerprint density at radius 1 is 1.50 bits per heavy atom. The van der Waals surface area contributed by atoms with E-state index >= 15 is 0 Å². The molecule has 0 amide bonds. The fourth-order valence-corrected chi connectivity index (χ4v) is 1.09. The van der Waals surface area contributed by atoms with Gasteiger partial charge in [0.1, 0.15) is 0 Å². The van der Waals surface area contributed by atoms with Crippen molar-refractivity contribution in [1.29, 1.82) is 5.26 Å². The van der Waals surface area contributed by atoms with Crippen LogP contribution in [0.4, 0.5) is 11.4 Å². The van der Waals surface area contributed by atoms with Crippen LogP contribution in [0.3, 0.4) is 0 Å². The van der Waals surface area contributed by atoms with E-state index in [0.29, 0.717) is 17.2 Å². The molecule has 0 aliphatic rings. The summed E-state index contributed by atoms with van der Waals surface area (Å²) in [6, 6.07) is 7.33. The maximum absolute atomic E-state index is 8.71. The van der Waals surface area contributed by atoms with Gasteiger partial charge in [-0.05, 0) is 24.1 Å². The number of anilines is 2. The second-order valence-corrected chi connectivity index (χ2v) is 3.69. The summed E-state index contributed by atoms with van der Waals surface area (Å²) < 4.78 is 0. The van der Waals surface area contributed by atoms with Crippen molar-refractivity contribution in [1.82, 2.24) is 0 Å². The van der Waals surface area contributed by atoms with E-state index in [9.17, 15) is 0 Å². The molecule has 3 nitrogen and oxygen atoms in total. The zero-order chi connectivity index (χ0) is 10.6. The van der Waals surface area contributed by atoms with Crippen LogP contribution >= 0.6 is 0 Å². The summed E-state index contributed by atoms with van der Waals surface area (Å²) in [6.07, 6.45) is 0. The van der Waals surface area contributed by atoms with Crippen LogP contribution in [-0.4, -0.2) is 6.54 Å². The van der Waals surface area contributed by atoms with Crippen molar-refractivity contribution in [2.75, 3.05) is 17.6 Å². The summed E-state index contributed by atoms with van der Waals surface area (Å²) in [5.74, 6) is 0.556. The number of benzene rings is 1. The van der Waals surface area contributed by atoms with Gasteiger partial charge in [0, 0.05) is 6.54 Å². The van der Waals surface area contributed by atoms with Gasteiger partial charge < -0.3 is 11.1 Å². The summed E-state index contributed by atoms with van der Waals surface area (Å²) in [5.41, 5.74) is 7.92. The molecule has 74 valence electrons. The van der Waals surface area contributed by atoms with Crippen molar-refractivity contribution in [3.63, 3.8) is 0 Å². The molecule has 1 aromatic rings. The summed E-state index contributed by atoms with van der Waals surface area (Å²) in [5, 5.41) is 11.9. The van der Waals surface area contributed by atoms with Crippen molar-refractivity contribution in [2.24, 2.45) is 5.92 Å². The predicted octanol–water partition coefficient (Wildman–Crippen LogP) is 2.21. The second kappa shape index (κ2) is 4.52. The first kappa shape index (κ1) is 10.4. The molecule has 0 atom stereocenters. The molecule has 1 rings (SSSR count). The lowest BCUT2D eigenvalue weighted by Crippen LogP contribution is -2.09. The van der Waals surface area contributed by atoms with Crippen molar-refractivity contribution < 1.29 is 0 Å². The average molecular weight is 189 g/mol. The van der Waals surface area contributed by atoms with Gasteiger partial charge >= 0.3 is 0 Å². The largest absolute Gasteiger partial charge is 0.397 e. The Balaban J connectivity index is 2.80. The minimum atomic E-state index is 0.556. The van der Waals surface area contributed by atoms with Crippen molar-refractivity contribution in [3.8, 4) is 6.07 Å². The van der Waals surface area contributed by atoms with Crippen molar-refractivity contribution in [2.45, 2.75) is 13.8 Å². The second-order valence-electron chi connectivity index (χ2n) is 3.69. The number of nitrogen functional groups attached to an aromatic ring is 1. The Bertz CT molecular complexity index is 350. The Labute approximate surface area is 84.5 Å². The molecule has 3 N–H and O–H groups in total. The lowest BCUT2D eigenvalue weighted by atomic mass is 10.1. The van der Waals surface area contributed by atoms with Crippen LogP contribution in [0, 0.1) is 17.2 Å². The standard InChI is InChI=1S/C11H15N3/c1-8(2)7-14-11-5-9(6-12)3-4-10(11)13/h3-5,8,14H,7,13H2,1-2H3. The lowest BCUT2D eigenvalue weighted by molar-refractivity contribution is 0.689. The van der Waals surface area contributed by atoms with Crippen LogP contribution in [0.1, 0.15) is 19.4 Å². The van der Waals surface area contributed by atoms with E-state index < -0.39 is 0 Å². The molecule has 3 heteroatoms. The SMILES string of the molecule is CC(C)CNc1cc(C#N)ccc1N. The number of nitrogens with two attached hydrogens (primary N) is 1. The molecular weight excluding hydrogens is 174 g/mol. The Morgan fingerprint density at radius 2 is 2.21 bits per heavy atom.